The highest BCUT2D eigenvalue weighted by molar-refractivity contribution is 5.91. The van der Waals surface area contributed by atoms with Gasteiger partial charge in [0, 0.05) is 37.5 Å². The van der Waals surface area contributed by atoms with E-state index >= 15 is 0 Å². The Kier molecular flexibility index (Phi) is 9.90. The van der Waals surface area contributed by atoms with Gasteiger partial charge in [0.15, 0.2) is 5.82 Å². The molecule has 1 aromatic carbocycles. The minimum atomic E-state index is -0.989. The van der Waals surface area contributed by atoms with E-state index in [4.69, 9.17) is 14.6 Å². The summed E-state index contributed by atoms with van der Waals surface area (Å²) in [6, 6.07) is 14.3. The van der Waals surface area contributed by atoms with Crippen molar-refractivity contribution in [2.24, 2.45) is 10.8 Å². The molecule has 3 heterocycles. The van der Waals surface area contributed by atoms with Crippen LogP contribution in [0.2, 0.25) is 0 Å². The van der Waals surface area contributed by atoms with Crippen molar-refractivity contribution in [1.82, 2.24) is 15.0 Å². The lowest BCUT2D eigenvalue weighted by molar-refractivity contribution is 0.0697. The molecule has 35 heavy (non-hydrogen) atoms. The Morgan fingerprint density at radius 2 is 2.03 bits per heavy atom. The average molecular weight is 480 g/mol. The van der Waals surface area contributed by atoms with E-state index < -0.39 is 5.97 Å². The number of nitrogens with two attached hydrogens (primary N) is 1. The number of carbonyl (C=O) groups is 1. The number of ether oxygens (including phenoxy) is 2. The second kappa shape index (κ2) is 13.6. The molecule has 0 unspecified atom stereocenters. The minimum Gasteiger partial charge on any atom is -0.478 e. The number of pyridine rings is 1. The van der Waals surface area contributed by atoms with E-state index in [0.29, 0.717) is 43.4 Å². The third kappa shape index (κ3) is 8.02. The number of hydrazone groups is 1. The van der Waals surface area contributed by atoms with Crippen LogP contribution in [0.5, 0.6) is 6.01 Å². The lowest BCUT2D eigenvalue weighted by Gasteiger charge is -2.28. The third-order valence-electron chi connectivity index (χ3n) is 4.87. The maximum atomic E-state index is 11.1. The summed E-state index contributed by atoms with van der Waals surface area (Å²) in [5, 5.41) is 13.3. The summed E-state index contributed by atoms with van der Waals surface area (Å²) >= 11 is 0. The van der Waals surface area contributed by atoms with Crippen LogP contribution < -0.4 is 20.8 Å². The summed E-state index contributed by atoms with van der Waals surface area (Å²) in [5.74, 6) is 0.188. The molecule has 1 fully saturated rings. The molecule has 1 aliphatic rings. The Labute approximate surface area is 203 Å². The lowest BCUT2D eigenvalue weighted by atomic mass is 10.1. The molecule has 11 nitrogen and oxygen atoms in total. The molecule has 11 heteroatoms. The SMILES string of the molecule is CN.O=C(O)c1cccc(C=NNc2cc(N3CCOCC3)nc(OCCc3ccccn3)n2)c1. The van der Waals surface area contributed by atoms with Gasteiger partial charge >= 0.3 is 12.0 Å². The largest absolute Gasteiger partial charge is 0.478 e. The van der Waals surface area contributed by atoms with E-state index in [1.165, 1.54) is 19.3 Å². The van der Waals surface area contributed by atoms with Crippen LogP contribution in [0.4, 0.5) is 11.6 Å². The van der Waals surface area contributed by atoms with Gasteiger partial charge < -0.3 is 25.2 Å². The zero-order valence-electron chi connectivity index (χ0n) is 19.5. The van der Waals surface area contributed by atoms with Gasteiger partial charge in [0.25, 0.3) is 0 Å². The highest BCUT2D eigenvalue weighted by atomic mass is 16.5. The van der Waals surface area contributed by atoms with Crippen molar-refractivity contribution in [1.29, 1.82) is 0 Å². The Hall–Kier alpha value is -4.09. The number of hydrogen-bond acceptors (Lipinski definition) is 10. The van der Waals surface area contributed by atoms with E-state index in [1.54, 1.807) is 30.5 Å². The van der Waals surface area contributed by atoms with Crippen molar-refractivity contribution in [2.45, 2.75) is 6.42 Å². The molecule has 0 atom stereocenters. The number of anilines is 2. The van der Waals surface area contributed by atoms with Crippen LogP contribution in [0.25, 0.3) is 0 Å². The van der Waals surface area contributed by atoms with Crippen LogP contribution in [0, 0.1) is 0 Å². The molecule has 0 aliphatic carbocycles. The van der Waals surface area contributed by atoms with Gasteiger partial charge in [0.05, 0.1) is 31.6 Å². The molecule has 3 aromatic rings. The van der Waals surface area contributed by atoms with Crippen LogP contribution in [0.3, 0.4) is 0 Å². The Morgan fingerprint density at radius 3 is 2.77 bits per heavy atom. The van der Waals surface area contributed by atoms with E-state index in [2.05, 4.69) is 36.1 Å². The van der Waals surface area contributed by atoms with Crippen molar-refractivity contribution < 1.29 is 19.4 Å². The van der Waals surface area contributed by atoms with Crippen LogP contribution in [-0.4, -0.2) is 72.2 Å². The standard InChI is InChI=1S/C23H24N6O4.CH5N/c30-22(31)18-5-3-4-17(14-18)16-25-28-20-15-21(29-9-12-32-13-10-29)27-23(26-20)33-11-7-19-6-1-2-8-24-19;1-2/h1-6,8,14-16H,7,9-13H2,(H,30,31)(H,26,27,28);2H2,1H3. The van der Waals surface area contributed by atoms with Gasteiger partial charge in [-0.2, -0.15) is 15.1 Å². The monoisotopic (exact) mass is 479 g/mol. The third-order valence-corrected chi connectivity index (χ3v) is 4.87. The second-order valence-electron chi connectivity index (χ2n) is 7.21. The number of hydrogen-bond donors (Lipinski definition) is 3. The summed E-state index contributed by atoms with van der Waals surface area (Å²) < 4.78 is 11.2. The van der Waals surface area contributed by atoms with Gasteiger partial charge in [-0.25, -0.2) is 4.79 Å². The molecule has 4 N–H and O–H groups in total. The summed E-state index contributed by atoms with van der Waals surface area (Å²) in [7, 11) is 1.50. The molecule has 0 bridgehead atoms. The van der Waals surface area contributed by atoms with E-state index in [9.17, 15) is 4.79 Å². The summed E-state index contributed by atoms with van der Waals surface area (Å²) in [4.78, 5) is 26.5. The first-order valence-electron chi connectivity index (χ1n) is 11.1. The fourth-order valence-corrected chi connectivity index (χ4v) is 3.21. The minimum absolute atomic E-state index is 0.194. The Morgan fingerprint density at radius 1 is 1.20 bits per heavy atom. The molecule has 1 saturated heterocycles. The number of morpholine rings is 1. The number of carboxylic acids is 1. The maximum absolute atomic E-state index is 11.1. The van der Waals surface area contributed by atoms with Crippen molar-refractivity contribution in [2.75, 3.05) is 50.3 Å². The summed E-state index contributed by atoms with van der Waals surface area (Å²) in [6.45, 7) is 3.07. The predicted molar refractivity (Wildman–Crippen MR) is 133 cm³/mol. The van der Waals surface area contributed by atoms with E-state index in [0.717, 1.165) is 18.8 Å². The molecule has 184 valence electrons. The van der Waals surface area contributed by atoms with Gasteiger partial charge in [-0.15, -0.1) is 0 Å². The molecule has 1 aliphatic heterocycles. The summed E-state index contributed by atoms with van der Waals surface area (Å²) in [6.07, 6.45) is 3.91. The van der Waals surface area contributed by atoms with Crippen LogP contribution in [0.1, 0.15) is 21.6 Å². The van der Waals surface area contributed by atoms with Gasteiger partial charge in [-0.3, -0.25) is 10.4 Å². The molecule has 0 saturated carbocycles. The smallest absolute Gasteiger partial charge is 0.335 e. The normalized spacial score (nSPS) is 13.1. The lowest BCUT2D eigenvalue weighted by Crippen LogP contribution is -2.36. The van der Waals surface area contributed by atoms with Gasteiger partial charge in [0.1, 0.15) is 5.82 Å². The number of carboxylic acid groups (broad SMARTS) is 1. The van der Waals surface area contributed by atoms with Crippen molar-refractivity contribution in [3.63, 3.8) is 0 Å². The van der Waals surface area contributed by atoms with Gasteiger partial charge in [-0.05, 0) is 36.9 Å². The highest BCUT2D eigenvalue weighted by Crippen LogP contribution is 2.21. The predicted octanol–water partition coefficient (Wildman–Crippen LogP) is 2.05. The molecule has 4 rings (SSSR count). The molecular formula is C24H29N7O4. The number of benzene rings is 1. The molecule has 2 aromatic heterocycles. The maximum Gasteiger partial charge on any atom is 0.335 e. The number of aromatic nitrogens is 3. The number of aromatic carboxylic acids is 1. The molecule has 0 amide bonds. The van der Waals surface area contributed by atoms with Gasteiger partial charge in [-0.1, -0.05) is 18.2 Å². The van der Waals surface area contributed by atoms with E-state index in [1.807, 2.05) is 18.2 Å². The van der Waals surface area contributed by atoms with Crippen molar-refractivity contribution >= 4 is 23.8 Å². The fourth-order valence-electron chi connectivity index (χ4n) is 3.21. The zero-order valence-corrected chi connectivity index (χ0v) is 19.5. The van der Waals surface area contributed by atoms with Crippen LogP contribution >= 0.6 is 0 Å². The number of nitrogens with one attached hydrogen (secondary N) is 1. The quantitative estimate of drug-likeness (QED) is 0.307. The molecule has 0 spiro atoms. The van der Waals surface area contributed by atoms with Crippen LogP contribution in [-0.2, 0) is 11.2 Å². The first-order chi connectivity index (χ1) is 17.2. The van der Waals surface area contributed by atoms with E-state index in [-0.39, 0.29) is 11.6 Å². The number of nitrogens with zero attached hydrogens (tertiary/aromatic N) is 5. The van der Waals surface area contributed by atoms with Crippen molar-refractivity contribution in [3.8, 4) is 6.01 Å². The first kappa shape index (κ1) is 25.5. The zero-order chi connectivity index (χ0) is 24.9. The first-order valence-corrected chi connectivity index (χ1v) is 11.1. The van der Waals surface area contributed by atoms with Crippen molar-refractivity contribution in [3.05, 3.63) is 71.5 Å². The molecule has 0 radical (unpaired) electrons. The second-order valence-corrected chi connectivity index (χ2v) is 7.21. The Balaban J connectivity index is 0.00000167. The topological polar surface area (TPSA) is 148 Å². The number of rotatable bonds is 9. The summed E-state index contributed by atoms with van der Waals surface area (Å²) in [5.41, 5.74) is 9.16. The molecular weight excluding hydrogens is 450 g/mol. The highest BCUT2D eigenvalue weighted by Gasteiger charge is 2.15. The van der Waals surface area contributed by atoms with Gasteiger partial charge in [0.2, 0.25) is 0 Å². The van der Waals surface area contributed by atoms with Crippen LogP contribution in [0.15, 0.2) is 59.8 Å². The Bertz CT molecular complexity index is 1110. The average Bonchev–Trinajstić information content (AvgIpc) is 2.91. The fraction of sp³-hybridized carbons (Fsp3) is 0.292.